The summed E-state index contributed by atoms with van der Waals surface area (Å²) in [5.74, 6) is 0. The molecule has 9 heteroatoms. The van der Waals surface area contributed by atoms with Gasteiger partial charge in [-0.3, -0.25) is 5.41 Å². The third kappa shape index (κ3) is 1.83. The molecule has 0 saturated carbocycles. The van der Waals surface area contributed by atoms with Gasteiger partial charge >= 0.3 is 11.9 Å². The Bertz CT molecular complexity index is 773. The highest BCUT2D eigenvalue weighted by Crippen LogP contribution is 2.30. The van der Waals surface area contributed by atoms with Crippen molar-refractivity contribution in [2.45, 2.75) is 6.18 Å². The van der Waals surface area contributed by atoms with Crippen molar-refractivity contribution >= 4 is 11.0 Å². The lowest BCUT2D eigenvalue weighted by atomic mass is 10.2. The van der Waals surface area contributed by atoms with E-state index < -0.39 is 34.0 Å². The second-order valence-corrected chi connectivity index (χ2v) is 3.60. The minimum atomic E-state index is -4.68. The van der Waals surface area contributed by atoms with Crippen LogP contribution in [0.1, 0.15) is 11.3 Å². The lowest BCUT2D eigenvalue weighted by Crippen LogP contribution is -2.41. The number of halogens is 3. The van der Waals surface area contributed by atoms with Gasteiger partial charge in [0.15, 0.2) is 6.07 Å². The number of benzene rings is 1. The second kappa shape index (κ2) is 3.88. The molecule has 0 bridgehead atoms. The fourth-order valence-corrected chi connectivity index (χ4v) is 1.57. The van der Waals surface area contributed by atoms with E-state index >= 15 is 0 Å². The molecule has 1 heterocycles. The van der Waals surface area contributed by atoms with Crippen molar-refractivity contribution in [2.75, 3.05) is 0 Å². The Morgan fingerprint density at radius 2 is 2.00 bits per heavy atom. The Kier molecular flexibility index (Phi) is 2.59. The molecular formula is C10H4F3N4O2-. The van der Waals surface area contributed by atoms with Crippen LogP contribution in [0.3, 0.4) is 0 Å². The molecule has 0 aliphatic rings. The van der Waals surface area contributed by atoms with Crippen LogP contribution >= 0.6 is 0 Å². The van der Waals surface area contributed by atoms with Gasteiger partial charge in [0.05, 0.1) is 5.56 Å². The number of nitrogens with zero attached hydrogens (tertiary/aromatic N) is 3. The standard InChI is InChI=1S/C10H4F3N4O2/c11-10(12,13)5-1-2-6-7(3-5)17(19)9(15)8(4-14)16(6)18/h1-3,15H/q-1. The van der Waals surface area contributed by atoms with Gasteiger partial charge < -0.3 is 15.1 Å². The van der Waals surface area contributed by atoms with E-state index in [1.807, 2.05) is 0 Å². The third-order valence-corrected chi connectivity index (χ3v) is 2.48. The quantitative estimate of drug-likeness (QED) is 0.569. The first-order chi connectivity index (χ1) is 8.77. The van der Waals surface area contributed by atoms with Crippen LogP contribution in [-0.4, -0.2) is 4.73 Å². The molecule has 0 radical (unpaired) electrons. The Labute approximate surface area is 103 Å². The van der Waals surface area contributed by atoms with Crippen LogP contribution < -0.4 is 10.2 Å². The largest absolute Gasteiger partial charge is 0.804 e. The van der Waals surface area contributed by atoms with Gasteiger partial charge in [0, 0.05) is 6.07 Å². The van der Waals surface area contributed by atoms with Crippen molar-refractivity contribution < 1.29 is 17.9 Å². The summed E-state index contributed by atoms with van der Waals surface area (Å²) in [6.45, 7) is 0. The number of nitrogens with one attached hydrogen (secondary N) is 1. The van der Waals surface area contributed by atoms with E-state index in [-0.39, 0.29) is 9.46 Å². The first kappa shape index (κ1) is 12.7. The molecule has 0 atom stereocenters. The lowest BCUT2D eigenvalue weighted by Gasteiger charge is -2.16. The highest BCUT2D eigenvalue weighted by molar-refractivity contribution is 5.73. The molecule has 0 spiro atoms. The van der Waals surface area contributed by atoms with Crippen molar-refractivity contribution in [2.24, 2.45) is 0 Å². The molecular weight excluding hydrogens is 265 g/mol. The van der Waals surface area contributed by atoms with E-state index in [2.05, 4.69) is 0 Å². The molecule has 1 aromatic carbocycles. The summed E-state index contributed by atoms with van der Waals surface area (Å²) in [7, 11) is 0. The smallest absolute Gasteiger partial charge is 0.416 e. The van der Waals surface area contributed by atoms with Gasteiger partial charge in [-0.05, 0) is 12.1 Å². The summed E-state index contributed by atoms with van der Waals surface area (Å²) >= 11 is 0. The SMILES string of the molecule is N#Cc1c(=N)n([O-])c2cc(C(F)(F)F)ccc2[n+]1[O-]. The van der Waals surface area contributed by atoms with E-state index in [4.69, 9.17) is 10.7 Å². The van der Waals surface area contributed by atoms with Gasteiger partial charge in [-0.15, -0.1) is 0 Å². The summed E-state index contributed by atoms with van der Waals surface area (Å²) < 4.78 is 37.3. The second-order valence-electron chi connectivity index (χ2n) is 3.60. The van der Waals surface area contributed by atoms with Crippen LogP contribution in [0.4, 0.5) is 13.2 Å². The molecule has 0 aliphatic carbocycles. The Balaban J connectivity index is 2.94. The molecule has 0 saturated heterocycles. The van der Waals surface area contributed by atoms with Crippen LogP contribution in [0.15, 0.2) is 18.2 Å². The van der Waals surface area contributed by atoms with E-state index in [9.17, 15) is 23.6 Å². The first-order valence-electron chi connectivity index (χ1n) is 4.79. The van der Waals surface area contributed by atoms with Crippen LogP contribution in [0, 0.1) is 27.2 Å². The van der Waals surface area contributed by atoms with Crippen molar-refractivity contribution in [1.29, 1.82) is 10.7 Å². The number of hydrogen-bond acceptors (Lipinski definition) is 4. The van der Waals surface area contributed by atoms with Gasteiger partial charge in [0.2, 0.25) is 11.0 Å². The van der Waals surface area contributed by atoms with E-state index in [1.165, 1.54) is 6.07 Å². The summed E-state index contributed by atoms with van der Waals surface area (Å²) in [5.41, 5.74) is -3.91. The average molecular weight is 269 g/mol. The Hall–Kier alpha value is -2.76. The third-order valence-electron chi connectivity index (χ3n) is 2.48. The van der Waals surface area contributed by atoms with Crippen LogP contribution in [0.25, 0.3) is 11.0 Å². The molecule has 2 rings (SSSR count). The van der Waals surface area contributed by atoms with Crippen LogP contribution in [-0.2, 0) is 6.18 Å². The fourth-order valence-electron chi connectivity index (χ4n) is 1.57. The summed E-state index contributed by atoms with van der Waals surface area (Å²) in [4.78, 5) is 0. The van der Waals surface area contributed by atoms with Gasteiger partial charge in [-0.1, -0.05) is 0 Å². The van der Waals surface area contributed by atoms with E-state index in [1.54, 1.807) is 0 Å². The van der Waals surface area contributed by atoms with Gasteiger partial charge in [-0.2, -0.15) is 23.2 Å². The number of hydrogen-bond donors (Lipinski definition) is 1. The monoisotopic (exact) mass is 269 g/mol. The van der Waals surface area contributed by atoms with Crippen LogP contribution in [0.5, 0.6) is 0 Å². The molecule has 2 aromatic rings. The first-order valence-corrected chi connectivity index (χ1v) is 4.79. The Morgan fingerprint density at radius 1 is 1.37 bits per heavy atom. The zero-order chi connectivity index (χ0) is 14.4. The summed E-state index contributed by atoms with van der Waals surface area (Å²) in [6.07, 6.45) is -4.68. The van der Waals surface area contributed by atoms with E-state index in [0.29, 0.717) is 12.1 Å². The van der Waals surface area contributed by atoms with E-state index in [0.717, 1.165) is 6.07 Å². The molecule has 6 nitrogen and oxygen atoms in total. The number of alkyl halides is 3. The van der Waals surface area contributed by atoms with Crippen molar-refractivity contribution in [1.82, 2.24) is 4.73 Å². The average Bonchev–Trinajstić information content (AvgIpc) is 2.35. The highest BCUT2D eigenvalue weighted by atomic mass is 19.4. The summed E-state index contributed by atoms with van der Waals surface area (Å²) in [5, 5.41) is 39.1. The van der Waals surface area contributed by atoms with Gasteiger partial charge in [0.25, 0.3) is 0 Å². The number of nitriles is 1. The van der Waals surface area contributed by atoms with Crippen molar-refractivity contribution in [3.63, 3.8) is 0 Å². The molecule has 1 aromatic heterocycles. The van der Waals surface area contributed by atoms with Gasteiger partial charge in [0.1, 0.15) is 5.52 Å². The number of rotatable bonds is 0. The zero-order valence-electron chi connectivity index (χ0n) is 9.02. The maximum absolute atomic E-state index is 12.5. The number of fused-ring (bicyclic) bond motifs is 1. The van der Waals surface area contributed by atoms with Crippen molar-refractivity contribution in [3.05, 3.63) is 45.4 Å². The number of aromatic nitrogens is 2. The van der Waals surface area contributed by atoms with Crippen molar-refractivity contribution in [3.8, 4) is 6.07 Å². The maximum Gasteiger partial charge on any atom is 0.416 e. The Morgan fingerprint density at radius 3 is 2.53 bits per heavy atom. The zero-order valence-corrected chi connectivity index (χ0v) is 9.02. The molecule has 98 valence electrons. The highest BCUT2D eigenvalue weighted by Gasteiger charge is 2.31. The lowest BCUT2D eigenvalue weighted by molar-refractivity contribution is -0.581. The van der Waals surface area contributed by atoms with Gasteiger partial charge in [-0.25, -0.2) is 0 Å². The molecule has 0 amide bonds. The predicted octanol–water partition coefficient (Wildman–Crippen LogP) is 0.991. The fraction of sp³-hybridized carbons (Fsp3) is 0.100. The summed E-state index contributed by atoms with van der Waals surface area (Å²) in [6, 6.07) is 3.25. The minimum Gasteiger partial charge on any atom is -0.804 e. The predicted molar refractivity (Wildman–Crippen MR) is 55.2 cm³/mol. The topological polar surface area (TPSA) is 103 Å². The maximum atomic E-state index is 12.5. The molecule has 0 fully saturated rings. The molecule has 0 unspecified atom stereocenters. The van der Waals surface area contributed by atoms with Crippen LogP contribution in [0.2, 0.25) is 0 Å². The minimum absolute atomic E-state index is 0.0355. The normalized spacial score (nSPS) is 11.5. The molecule has 1 N–H and O–H groups in total. The molecule has 0 aliphatic heterocycles. The molecule has 19 heavy (non-hydrogen) atoms.